The zero-order valence-corrected chi connectivity index (χ0v) is 19.0. The van der Waals surface area contributed by atoms with Crippen LogP contribution in [0.4, 0.5) is 5.69 Å². The Morgan fingerprint density at radius 2 is 1.76 bits per heavy atom. The van der Waals surface area contributed by atoms with Gasteiger partial charge in [-0.15, -0.1) is 0 Å². The van der Waals surface area contributed by atoms with Crippen molar-refractivity contribution < 1.29 is 14.3 Å². The van der Waals surface area contributed by atoms with Crippen molar-refractivity contribution in [3.8, 4) is 0 Å². The maximum atomic E-state index is 12.5. The lowest BCUT2D eigenvalue weighted by molar-refractivity contribution is 0.0953. The van der Waals surface area contributed by atoms with E-state index in [4.69, 9.17) is 9.47 Å². The van der Waals surface area contributed by atoms with Gasteiger partial charge in [-0.1, -0.05) is 30.3 Å². The van der Waals surface area contributed by atoms with Crippen LogP contribution in [-0.2, 0) is 15.9 Å². The number of benzene rings is 2. The van der Waals surface area contributed by atoms with Crippen LogP contribution in [0.2, 0.25) is 0 Å². The van der Waals surface area contributed by atoms with E-state index in [1.165, 1.54) is 5.56 Å². The van der Waals surface area contributed by atoms with Gasteiger partial charge in [0.05, 0.1) is 26.0 Å². The number of aryl methyl sites for hydroxylation is 1. The maximum Gasteiger partial charge on any atom is 0.251 e. The Bertz CT molecular complexity index is 1090. The molecule has 2 atom stereocenters. The first kappa shape index (κ1) is 22.4. The molecule has 0 radical (unpaired) electrons. The largest absolute Gasteiger partial charge is 0.493 e. The monoisotopic (exact) mass is 443 g/mol. The number of ether oxygens (including phenoxy) is 2. The molecule has 0 saturated carbocycles. The number of carbonyl (C=O) groups excluding carboxylic acids is 1. The fourth-order valence-corrected chi connectivity index (χ4v) is 4.00. The van der Waals surface area contributed by atoms with Gasteiger partial charge in [-0.05, 0) is 54.8 Å². The van der Waals surface area contributed by atoms with Crippen molar-refractivity contribution in [1.82, 2.24) is 5.32 Å². The van der Waals surface area contributed by atoms with Crippen molar-refractivity contribution in [2.24, 2.45) is 10.9 Å². The summed E-state index contributed by atoms with van der Waals surface area (Å²) >= 11 is 0. The summed E-state index contributed by atoms with van der Waals surface area (Å²) in [5, 5.41) is 6.53. The molecule has 2 aromatic rings. The Labute approximate surface area is 194 Å². The molecule has 0 spiro atoms. The first-order valence-electron chi connectivity index (χ1n) is 11.1. The number of methoxy groups -OCH3 is 2. The van der Waals surface area contributed by atoms with Crippen LogP contribution in [0.3, 0.4) is 0 Å². The minimum atomic E-state index is -0.0567. The van der Waals surface area contributed by atoms with Crippen molar-refractivity contribution in [2.75, 3.05) is 26.1 Å². The molecule has 0 fully saturated rings. The summed E-state index contributed by atoms with van der Waals surface area (Å²) in [6.45, 7) is 0.648. The van der Waals surface area contributed by atoms with Crippen LogP contribution in [0.15, 0.2) is 95.5 Å². The van der Waals surface area contributed by atoms with Crippen molar-refractivity contribution >= 4 is 17.3 Å². The number of hydrogen-bond donors (Lipinski definition) is 2. The third-order valence-electron chi connectivity index (χ3n) is 5.79. The molecule has 2 N–H and O–H groups in total. The quantitative estimate of drug-likeness (QED) is 0.560. The molecule has 1 heterocycles. The molecule has 2 aliphatic rings. The first-order chi connectivity index (χ1) is 16.2. The Hall–Kier alpha value is -3.80. The van der Waals surface area contributed by atoms with Gasteiger partial charge < -0.3 is 20.1 Å². The summed E-state index contributed by atoms with van der Waals surface area (Å²) in [5.74, 6) is 1.33. The van der Waals surface area contributed by atoms with Crippen LogP contribution >= 0.6 is 0 Å². The fraction of sp³-hybridized carbons (Fsp3) is 0.259. The lowest BCUT2D eigenvalue weighted by Gasteiger charge is -2.30. The molecule has 6 nitrogen and oxygen atoms in total. The van der Waals surface area contributed by atoms with E-state index in [1.54, 1.807) is 20.4 Å². The second kappa shape index (κ2) is 10.7. The van der Waals surface area contributed by atoms with E-state index in [-0.39, 0.29) is 17.9 Å². The molecule has 2 unspecified atom stereocenters. The van der Waals surface area contributed by atoms with Gasteiger partial charge in [0.15, 0.2) is 11.5 Å². The normalized spacial score (nSPS) is 18.9. The van der Waals surface area contributed by atoms with Crippen molar-refractivity contribution in [3.63, 3.8) is 0 Å². The predicted octanol–water partition coefficient (Wildman–Crippen LogP) is 4.49. The molecular weight excluding hydrogens is 414 g/mol. The zero-order valence-electron chi connectivity index (χ0n) is 19.0. The highest BCUT2D eigenvalue weighted by Gasteiger charge is 2.30. The minimum Gasteiger partial charge on any atom is -0.493 e. The molecule has 2 aromatic carbocycles. The van der Waals surface area contributed by atoms with Gasteiger partial charge in [-0.2, -0.15) is 0 Å². The summed E-state index contributed by atoms with van der Waals surface area (Å²) in [4.78, 5) is 17.0. The Morgan fingerprint density at radius 1 is 1.00 bits per heavy atom. The van der Waals surface area contributed by atoms with E-state index < -0.39 is 0 Å². The van der Waals surface area contributed by atoms with Crippen LogP contribution in [0.25, 0.3) is 0 Å². The highest BCUT2D eigenvalue weighted by atomic mass is 16.5. The fourth-order valence-electron chi connectivity index (χ4n) is 4.00. The summed E-state index contributed by atoms with van der Waals surface area (Å²) in [6, 6.07) is 17.9. The van der Waals surface area contributed by atoms with E-state index in [0.717, 1.165) is 24.2 Å². The number of rotatable bonds is 9. The molecule has 6 heteroatoms. The van der Waals surface area contributed by atoms with E-state index in [9.17, 15) is 4.79 Å². The molecule has 33 heavy (non-hydrogen) atoms. The number of allylic oxidation sites excluding steroid dienone is 1. The smallest absolute Gasteiger partial charge is 0.251 e. The van der Waals surface area contributed by atoms with Crippen LogP contribution in [-0.4, -0.2) is 38.4 Å². The molecular formula is C27H29N3O3. The summed E-state index contributed by atoms with van der Waals surface area (Å²) in [7, 11) is 3.25. The Balaban J connectivity index is 1.31. The second-order valence-electron chi connectivity index (χ2n) is 7.96. The van der Waals surface area contributed by atoms with Crippen LogP contribution in [0.5, 0.6) is 0 Å². The molecule has 1 amide bonds. The summed E-state index contributed by atoms with van der Waals surface area (Å²) in [6.07, 6.45) is 9.62. The Morgan fingerprint density at radius 3 is 2.48 bits per heavy atom. The topological polar surface area (TPSA) is 72.0 Å². The third-order valence-corrected chi connectivity index (χ3v) is 5.79. The number of hydrogen-bond acceptors (Lipinski definition) is 5. The van der Waals surface area contributed by atoms with Gasteiger partial charge >= 0.3 is 0 Å². The average molecular weight is 444 g/mol. The highest BCUT2D eigenvalue weighted by Crippen LogP contribution is 2.29. The molecule has 170 valence electrons. The third kappa shape index (κ3) is 5.52. The molecule has 0 saturated heterocycles. The highest BCUT2D eigenvalue weighted by molar-refractivity contribution is 6.02. The summed E-state index contributed by atoms with van der Waals surface area (Å²) < 4.78 is 10.9. The number of nitrogens with zero attached hydrogens (tertiary/aromatic N) is 1. The van der Waals surface area contributed by atoms with E-state index in [1.807, 2.05) is 60.7 Å². The second-order valence-corrected chi connectivity index (χ2v) is 7.96. The lowest BCUT2D eigenvalue weighted by Crippen LogP contribution is -2.35. The van der Waals surface area contributed by atoms with Gasteiger partial charge in [-0.25, -0.2) is 0 Å². The Kier molecular flexibility index (Phi) is 7.25. The van der Waals surface area contributed by atoms with Gasteiger partial charge in [-0.3, -0.25) is 9.79 Å². The van der Waals surface area contributed by atoms with Crippen LogP contribution in [0, 0.1) is 5.92 Å². The summed E-state index contributed by atoms with van der Waals surface area (Å²) in [5.41, 5.74) is 3.78. The zero-order chi connectivity index (χ0) is 23.0. The first-order valence-corrected chi connectivity index (χ1v) is 11.1. The molecule has 1 aliphatic heterocycles. The van der Waals surface area contributed by atoms with Crippen LogP contribution in [0.1, 0.15) is 22.3 Å². The van der Waals surface area contributed by atoms with Gasteiger partial charge in [0.1, 0.15) is 0 Å². The number of amides is 1. The number of fused-ring (bicyclic) bond motifs is 1. The van der Waals surface area contributed by atoms with E-state index >= 15 is 0 Å². The SMILES string of the molecule is COC1=CC2=NC=CC(Nc3ccc(C(=O)NCCCc4ccccc4)cc3)C2C=C1OC. The van der Waals surface area contributed by atoms with Gasteiger partial charge in [0, 0.05) is 36.0 Å². The maximum absolute atomic E-state index is 12.5. The van der Waals surface area contributed by atoms with Crippen LogP contribution < -0.4 is 10.6 Å². The lowest BCUT2D eigenvalue weighted by atomic mass is 9.87. The predicted molar refractivity (Wildman–Crippen MR) is 131 cm³/mol. The van der Waals surface area contributed by atoms with Gasteiger partial charge in [0.2, 0.25) is 0 Å². The van der Waals surface area contributed by atoms with Crippen molar-refractivity contribution in [3.05, 3.63) is 102 Å². The molecule has 4 rings (SSSR count). The minimum absolute atomic E-state index is 0.00923. The van der Waals surface area contributed by atoms with Crippen molar-refractivity contribution in [2.45, 2.75) is 18.9 Å². The molecule has 0 bridgehead atoms. The van der Waals surface area contributed by atoms with Crippen molar-refractivity contribution in [1.29, 1.82) is 0 Å². The standard InChI is InChI=1S/C27H29N3O3/c1-32-25-17-22-23(14-16-28-24(22)18-26(25)33-2)30-21-12-10-20(11-13-21)27(31)29-15-6-9-19-7-4-3-5-8-19/h3-5,7-8,10-14,16-18,22-23,30H,6,9,15H2,1-2H3,(H,29,31). The number of nitrogens with one attached hydrogen (secondary N) is 2. The van der Waals surface area contributed by atoms with Gasteiger partial charge in [0.25, 0.3) is 5.91 Å². The average Bonchev–Trinajstić information content (AvgIpc) is 2.87. The molecule has 1 aliphatic carbocycles. The number of carbonyl (C=O) groups is 1. The molecule has 0 aromatic heterocycles. The number of aliphatic imine (C=N–C) groups is 1. The van der Waals surface area contributed by atoms with E-state index in [0.29, 0.717) is 23.6 Å². The number of anilines is 1. The van der Waals surface area contributed by atoms with E-state index in [2.05, 4.69) is 27.8 Å².